The molecule has 0 radical (unpaired) electrons. The van der Waals surface area contributed by atoms with Crippen LogP contribution in [0, 0.1) is 0 Å². The molecule has 1 aromatic rings. The van der Waals surface area contributed by atoms with E-state index in [1.807, 2.05) is 0 Å². The van der Waals surface area contributed by atoms with E-state index >= 15 is 0 Å². The molecule has 18 heavy (non-hydrogen) atoms. The molecule has 0 unspecified atom stereocenters. The van der Waals surface area contributed by atoms with Crippen LogP contribution in [0.15, 0.2) is 12.1 Å². The van der Waals surface area contributed by atoms with Crippen LogP contribution in [-0.2, 0) is 35.2 Å². The van der Waals surface area contributed by atoms with Crippen LogP contribution in [0.25, 0.3) is 0 Å². The van der Waals surface area contributed by atoms with Gasteiger partial charge in [0.15, 0.2) is 0 Å². The first kappa shape index (κ1) is 12.2. The highest BCUT2D eigenvalue weighted by molar-refractivity contribution is 5.39. The predicted octanol–water partition coefficient (Wildman–Crippen LogP) is 2.70. The molecule has 2 heterocycles. The van der Waals surface area contributed by atoms with Crippen molar-refractivity contribution in [2.75, 3.05) is 26.4 Å². The first-order chi connectivity index (χ1) is 8.93. The molecule has 0 spiro atoms. The summed E-state index contributed by atoms with van der Waals surface area (Å²) in [6.45, 7) is 3.60. The lowest BCUT2D eigenvalue weighted by atomic mass is 9.91. The van der Waals surface area contributed by atoms with E-state index in [0.717, 1.165) is 52.1 Å². The number of rotatable bonds is 0. The van der Waals surface area contributed by atoms with Gasteiger partial charge in [0.2, 0.25) is 0 Å². The van der Waals surface area contributed by atoms with Gasteiger partial charge in [-0.05, 0) is 60.8 Å². The van der Waals surface area contributed by atoms with E-state index < -0.39 is 0 Å². The molecule has 2 heteroatoms. The number of hydrogen-bond donors (Lipinski definition) is 0. The largest absolute Gasteiger partial charge is 0.381 e. The van der Waals surface area contributed by atoms with Crippen LogP contribution in [0.2, 0.25) is 0 Å². The monoisotopic (exact) mass is 246 g/mol. The summed E-state index contributed by atoms with van der Waals surface area (Å²) in [5.74, 6) is 0. The Balaban J connectivity index is 1.92. The van der Waals surface area contributed by atoms with Gasteiger partial charge < -0.3 is 9.47 Å². The third-order valence-electron chi connectivity index (χ3n) is 4.02. The Morgan fingerprint density at radius 2 is 1.00 bits per heavy atom. The van der Waals surface area contributed by atoms with Gasteiger partial charge in [-0.25, -0.2) is 0 Å². The van der Waals surface area contributed by atoms with Crippen LogP contribution < -0.4 is 0 Å². The van der Waals surface area contributed by atoms with Gasteiger partial charge in [-0.1, -0.05) is 12.1 Å². The Bertz CT molecular complexity index is 375. The first-order valence-corrected chi connectivity index (χ1v) is 7.22. The molecular weight excluding hydrogens is 224 g/mol. The van der Waals surface area contributed by atoms with Gasteiger partial charge in [0, 0.05) is 13.2 Å². The molecular formula is C16H22O2. The Morgan fingerprint density at radius 1 is 0.556 bits per heavy atom. The van der Waals surface area contributed by atoms with Crippen molar-refractivity contribution >= 4 is 0 Å². The van der Waals surface area contributed by atoms with Crippen LogP contribution in [0.3, 0.4) is 0 Å². The second-order valence-corrected chi connectivity index (χ2v) is 5.32. The van der Waals surface area contributed by atoms with E-state index in [1.54, 1.807) is 11.1 Å². The lowest BCUT2D eigenvalue weighted by molar-refractivity contribution is 0.131. The maximum atomic E-state index is 5.61. The normalized spacial score (nSPS) is 20.9. The summed E-state index contributed by atoms with van der Waals surface area (Å²) in [6, 6.07) is 4.90. The number of ether oxygens (including phenoxy) is 2. The summed E-state index contributed by atoms with van der Waals surface area (Å²) in [7, 11) is 0. The maximum absolute atomic E-state index is 5.61. The fraction of sp³-hybridized carbons (Fsp3) is 0.625. The van der Waals surface area contributed by atoms with Gasteiger partial charge >= 0.3 is 0 Å². The number of hydrogen-bond acceptors (Lipinski definition) is 2. The lowest BCUT2D eigenvalue weighted by Crippen LogP contribution is -2.02. The topological polar surface area (TPSA) is 18.5 Å². The summed E-state index contributed by atoms with van der Waals surface area (Å²) in [5.41, 5.74) is 6.15. The van der Waals surface area contributed by atoms with Crippen molar-refractivity contribution in [2.24, 2.45) is 0 Å². The fourth-order valence-corrected chi connectivity index (χ4v) is 3.02. The van der Waals surface area contributed by atoms with Crippen molar-refractivity contribution in [1.82, 2.24) is 0 Å². The third-order valence-corrected chi connectivity index (χ3v) is 4.02. The van der Waals surface area contributed by atoms with Gasteiger partial charge in [-0.2, -0.15) is 0 Å². The summed E-state index contributed by atoms with van der Waals surface area (Å²) in [4.78, 5) is 0. The molecule has 0 N–H and O–H groups in total. The lowest BCUT2D eigenvalue weighted by Gasteiger charge is -2.13. The van der Waals surface area contributed by atoms with Crippen molar-refractivity contribution in [3.05, 3.63) is 34.4 Å². The third kappa shape index (κ3) is 2.76. The summed E-state index contributed by atoms with van der Waals surface area (Å²) >= 11 is 0. The molecule has 2 aliphatic rings. The number of benzene rings is 1. The zero-order chi connectivity index (χ0) is 12.2. The zero-order valence-corrected chi connectivity index (χ0v) is 11.0. The zero-order valence-electron chi connectivity index (χ0n) is 11.0. The van der Waals surface area contributed by atoms with E-state index in [0.29, 0.717) is 0 Å². The highest BCUT2D eigenvalue weighted by Gasteiger charge is 2.13. The Morgan fingerprint density at radius 3 is 1.56 bits per heavy atom. The Kier molecular flexibility index (Phi) is 3.96. The van der Waals surface area contributed by atoms with Crippen molar-refractivity contribution in [2.45, 2.75) is 38.5 Å². The van der Waals surface area contributed by atoms with Gasteiger partial charge in [0.25, 0.3) is 0 Å². The van der Waals surface area contributed by atoms with Crippen LogP contribution >= 0.6 is 0 Å². The minimum atomic E-state index is 0.884. The SMILES string of the molecule is c1c2c(cc3c1CCOCC3)CCCOCCC2. The molecule has 1 aromatic carbocycles. The molecule has 0 aromatic heterocycles. The standard InChI is InChI=1S/C16H22O2/c1-3-13-11-15-5-9-18-10-6-16(15)12-14(13)4-2-8-17-7-1/h11-12H,1-10H2. The van der Waals surface area contributed by atoms with E-state index in [-0.39, 0.29) is 0 Å². The fourth-order valence-electron chi connectivity index (χ4n) is 3.02. The Labute approximate surface area is 109 Å². The first-order valence-electron chi connectivity index (χ1n) is 7.22. The van der Waals surface area contributed by atoms with Crippen LogP contribution in [0.1, 0.15) is 35.1 Å². The molecule has 0 amide bonds. The molecule has 0 fully saturated rings. The minimum absolute atomic E-state index is 0.884. The summed E-state index contributed by atoms with van der Waals surface area (Å²) in [5, 5.41) is 0. The Hall–Kier alpha value is -0.860. The van der Waals surface area contributed by atoms with Gasteiger partial charge in [0.05, 0.1) is 13.2 Å². The van der Waals surface area contributed by atoms with Crippen LogP contribution in [0.4, 0.5) is 0 Å². The number of fused-ring (bicyclic) bond motifs is 2. The molecule has 3 rings (SSSR count). The van der Waals surface area contributed by atoms with Gasteiger partial charge in [-0.3, -0.25) is 0 Å². The van der Waals surface area contributed by atoms with Crippen molar-refractivity contribution < 1.29 is 9.47 Å². The van der Waals surface area contributed by atoms with E-state index in [1.165, 1.54) is 24.0 Å². The average Bonchev–Trinajstić information content (AvgIpc) is 2.54. The minimum Gasteiger partial charge on any atom is -0.381 e. The molecule has 2 aliphatic heterocycles. The van der Waals surface area contributed by atoms with E-state index in [2.05, 4.69) is 12.1 Å². The summed E-state index contributed by atoms with van der Waals surface area (Å²) in [6.07, 6.45) is 6.82. The second kappa shape index (κ2) is 5.85. The predicted molar refractivity (Wildman–Crippen MR) is 72.1 cm³/mol. The summed E-state index contributed by atoms with van der Waals surface area (Å²) < 4.78 is 11.2. The molecule has 0 aliphatic carbocycles. The molecule has 2 nitrogen and oxygen atoms in total. The molecule has 0 atom stereocenters. The average molecular weight is 246 g/mol. The second-order valence-electron chi connectivity index (χ2n) is 5.32. The number of aryl methyl sites for hydroxylation is 2. The molecule has 98 valence electrons. The molecule has 0 bridgehead atoms. The maximum Gasteiger partial charge on any atom is 0.0506 e. The van der Waals surface area contributed by atoms with E-state index in [9.17, 15) is 0 Å². The van der Waals surface area contributed by atoms with Gasteiger partial charge in [-0.15, -0.1) is 0 Å². The van der Waals surface area contributed by atoms with Crippen molar-refractivity contribution in [3.8, 4) is 0 Å². The molecule has 0 saturated carbocycles. The van der Waals surface area contributed by atoms with Crippen LogP contribution in [0.5, 0.6) is 0 Å². The van der Waals surface area contributed by atoms with Crippen molar-refractivity contribution in [3.63, 3.8) is 0 Å². The van der Waals surface area contributed by atoms with Gasteiger partial charge in [0.1, 0.15) is 0 Å². The highest BCUT2D eigenvalue weighted by atomic mass is 16.5. The quantitative estimate of drug-likeness (QED) is 0.700. The van der Waals surface area contributed by atoms with E-state index in [4.69, 9.17) is 9.47 Å². The molecule has 0 saturated heterocycles. The smallest absolute Gasteiger partial charge is 0.0506 e. The van der Waals surface area contributed by atoms with Crippen molar-refractivity contribution in [1.29, 1.82) is 0 Å². The highest BCUT2D eigenvalue weighted by Crippen LogP contribution is 2.23. The van der Waals surface area contributed by atoms with Crippen LogP contribution in [-0.4, -0.2) is 26.4 Å².